The SMILES string of the molecule is Cc1ccc(NC(N)=NC(C)(C)C)c(C)n1. The molecule has 16 heavy (non-hydrogen) atoms. The molecule has 4 nitrogen and oxygen atoms in total. The Morgan fingerprint density at radius 3 is 2.44 bits per heavy atom. The van der Waals surface area contributed by atoms with Crippen molar-refractivity contribution in [3.05, 3.63) is 23.5 Å². The second kappa shape index (κ2) is 4.51. The van der Waals surface area contributed by atoms with Gasteiger partial charge in [-0.2, -0.15) is 0 Å². The first-order valence-corrected chi connectivity index (χ1v) is 5.34. The molecule has 1 rings (SSSR count). The van der Waals surface area contributed by atoms with Gasteiger partial charge in [0, 0.05) is 5.69 Å². The lowest BCUT2D eigenvalue weighted by atomic mass is 10.1. The maximum Gasteiger partial charge on any atom is 0.193 e. The van der Waals surface area contributed by atoms with Crippen molar-refractivity contribution in [2.75, 3.05) is 5.32 Å². The van der Waals surface area contributed by atoms with Crippen LogP contribution in [0.3, 0.4) is 0 Å². The smallest absolute Gasteiger partial charge is 0.193 e. The molecule has 0 amide bonds. The van der Waals surface area contributed by atoms with Crippen LogP contribution >= 0.6 is 0 Å². The van der Waals surface area contributed by atoms with E-state index in [-0.39, 0.29) is 5.54 Å². The van der Waals surface area contributed by atoms with Crippen molar-refractivity contribution in [2.45, 2.75) is 40.2 Å². The van der Waals surface area contributed by atoms with Gasteiger partial charge in [-0.1, -0.05) is 0 Å². The Labute approximate surface area is 97.0 Å². The normalized spacial score (nSPS) is 12.7. The van der Waals surface area contributed by atoms with E-state index in [1.54, 1.807) is 0 Å². The summed E-state index contributed by atoms with van der Waals surface area (Å²) in [6.45, 7) is 9.91. The lowest BCUT2D eigenvalue weighted by molar-refractivity contribution is 0.583. The third kappa shape index (κ3) is 3.88. The van der Waals surface area contributed by atoms with Gasteiger partial charge in [-0.05, 0) is 46.8 Å². The van der Waals surface area contributed by atoms with Gasteiger partial charge in [-0.15, -0.1) is 0 Å². The Morgan fingerprint density at radius 2 is 1.94 bits per heavy atom. The fourth-order valence-electron chi connectivity index (χ4n) is 1.35. The zero-order valence-corrected chi connectivity index (χ0v) is 10.6. The van der Waals surface area contributed by atoms with E-state index in [1.165, 1.54) is 0 Å². The van der Waals surface area contributed by atoms with Crippen LogP contribution in [0.1, 0.15) is 32.2 Å². The monoisotopic (exact) mass is 220 g/mol. The van der Waals surface area contributed by atoms with E-state index in [0.717, 1.165) is 17.1 Å². The highest BCUT2D eigenvalue weighted by molar-refractivity contribution is 5.92. The number of rotatable bonds is 1. The highest BCUT2D eigenvalue weighted by atomic mass is 15.1. The molecule has 0 saturated carbocycles. The van der Waals surface area contributed by atoms with Crippen molar-refractivity contribution in [1.82, 2.24) is 4.98 Å². The molecular weight excluding hydrogens is 200 g/mol. The fourth-order valence-corrected chi connectivity index (χ4v) is 1.35. The molecule has 0 radical (unpaired) electrons. The van der Waals surface area contributed by atoms with Crippen LogP contribution in [0.25, 0.3) is 0 Å². The second-order valence-corrected chi connectivity index (χ2v) is 4.88. The molecule has 0 unspecified atom stereocenters. The molecule has 0 spiro atoms. The standard InChI is InChI=1S/C12H20N4/c1-8-6-7-10(9(2)14-8)15-11(13)16-12(3,4)5/h6-7H,1-5H3,(H3,13,15,16). The lowest BCUT2D eigenvalue weighted by Gasteiger charge is -2.15. The zero-order valence-electron chi connectivity index (χ0n) is 10.6. The number of hydrogen-bond acceptors (Lipinski definition) is 2. The topological polar surface area (TPSA) is 63.3 Å². The first-order valence-electron chi connectivity index (χ1n) is 5.34. The van der Waals surface area contributed by atoms with Crippen LogP contribution in [0, 0.1) is 13.8 Å². The summed E-state index contributed by atoms with van der Waals surface area (Å²) in [4.78, 5) is 8.67. The van der Waals surface area contributed by atoms with Gasteiger partial charge in [-0.3, -0.25) is 4.98 Å². The number of pyridine rings is 1. The summed E-state index contributed by atoms with van der Waals surface area (Å²) in [5, 5.41) is 3.06. The minimum Gasteiger partial charge on any atom is -0.370 e. The molecule has 0 saturated heterocycles. The van der Waals surface area contributed by atoms with Gasteiger partial charge in [-0.25, -0.2) is 4.99 Å². The molecule has 1 aromatic rings. The predicted octanol–water partition coefficient (Wildman–Crippen LogP) is 2.22. The average molecular weight is 220 g/mol. The summed E-state index contributed by atoms with van der Waals surface area (Å²) in [7, 11) is 0. The zero-order chi connectivity index (χ0) is 12.3. The van der Waals surface area contributed by atoms with Crippen LogP contribution in [0.2, 0.25) is 0 Å². The number of aromatic nitrogens is 1. The van der Waals surface area contributed by atoms with Gasteiger partial charge in [0.1, 0.15) is 0 Å². The molecule has 4 heteroatoms. The molecule has 88 valence electrons. The van der Waals surface area contributed by atoms with E-state index in [9.17, 15) is 0 Å². The van der Waals surface area contributed by atoms with E-state index < -0.39 is 0 Å². The third-order valence-electron chi connectivity index (χ3n) is 1.94. The van der Waals surface area contributed by atoms with E-state index >= 15 is 0 Å². The minimum absolute atomic E-state index is 0.177. The van der Waals surface area contributed by atoms with Crippen LogP contribution in [-0.2, 0) is 0 Å². The maximum atomic E-state index is 5.81. The molecule has 0 aromatic carbocycles. The minimum atomic E-state index is -0.177. The summed E-state index contributed by atoms with van der Waals surface area (Å²) in [5.74, 6) is 0.418. The largest absolute Gasteiger partial charge is 0.370 e. The Hall–Kier alpha value is -1.58. The van der Waals surface area contributed by atoms with Crippen molar-refractivity contribution in [3.8, 4) is 0 Å². The summed E-state index contributed by atoms with van der Waals surface area (Å²) < 4.78 is 0. The summed E-state index contributed by atoms with van der Waals surface area (Å²) in [6.07, 6.45) is 0. The number of aryl methyl sites for hydroxylation is 2. The highest BCUT2D eigenvalue weighted by Crippen LogP contribution is 2.13. The van der Waals surface area contributed by atoms with Crippen molar-refractivity contribution >= 4 is 11.6 Å². The first kappa shape index (κ1) is 12.5. The van der Waals surface area contributed by atoms with Crippen LogP contribution in [0.15, 0.2) is 17.1 Å². The van der Waals surface area contributed by atoms with Crippen molar-refractivity contribution < 1.29 is 0 Å². The number of guanidine groups is 1. The number of anilines is 1. The van der Waals surface area contributed by atoms with E-state index in [0.29, 0.717) is 5.96 Å². The summed E-state index contributed by atoms with van der Waals surface area (Å²) >= 11 is 0. The number of nitrogens with two attached hydrogens (primary N) is 1. The van der Waals surface area contributed by atoms with Gasteiger partial charge in [0.2, 0.25) is 0 Å². The average Bonchev–Trinajstić information content (AvgIpc) is 2.06. The number of hydrogen-bond donors (Lipinski definition) is 2. The van der Waals surface area contributed by atoms with Crippen molar-refractivity contribution in [2.24, 2.45) is 10.7 Å². The fraction of sp³-hybridized carbons (Fsp3) is 0.500. The number of nitrogens with zero attached hydrogens (tertiary/aromatic N) is 2. The molecule has 0 aliphatic heterocycles. The molecule has 0 atom stereocenters. The molecule has 0 aliphatic rings. The predicted molar refractivity (Wildman–Crippen MR) is 68.7 cm³/mol. The van der Waals surface area contributed by atoms with Gasteiger partial charge < -0.3 is 11.1 Å². The van der Waals surface area contributed by atoms with Crippen LogP contribution < -0.4 is 11.1 Å². The molecule has 1 heterocycles. The highest BCUT2D eigenvalue weighted by Gasteiger charge is 2.09. The Balaban J connectivity index is 2.85. The Kier molecular flexibility index (Phi) is 3.52. The molecule has 3 N–H and O–H groups in total. The molecule has 0 fully saturated rings. The van der Waals surface area contributed by atoms with Crippen LogP contribution in [0.4, 0.5) is 5.69 Å². The van der Waals surface area contributed by atoms with E-state index in [4.69, 9.17) is 5.73 Å². The van der Waals surface area contributed by atoms with Crippen LogP contribution in [0.5, 0.6) is 0 Å². The molecule has 0 bridgehead atoms. The van der Waals surface area contributed by atoms with Gasteiger partial charge in [0.25, 0.3) is 0 Å². The second-order valence-electron chi connectivity index (χ2n) is 4.88. The maximum absolute atomic E-state index is 5.81. The quantitative estimate of drug-likeness (QED) is 0.563. The molecule has 1 aromatic heterocycles. The Bertz CT molecular complexity index is 402. The molecular formula is C12H20N4. The van der Waals surface area contributed by atoms with Crippen molar-refractivity contribution in [3.63, 3.8) is 0 Å². The summed E-state index contributed by atoms with van der Waals surface area (Å²) in [5.41, 5.74) is 8.45. The third-order valence-corrected chi connectivity index (χ3v) is 1.94. The Morgan fingerprint density at radius 1 is 1.31 bits per heavy atom. The van der Waals surface area contributed by atoms with Gasteiger partial charge in [0.05, 0.1) is 16.9 Å². The van der Waals surface area contributed by atoms with Gasteiger partial charge in [0.15, 0.2) is 5.96 Å². The van der Waals surface area contributed by atoms with Gasteiger partial charge >= 0.3 is 0 Å². The van der Waals surface area contributed by atoms with Crippen LogP contribution in [-0.4, -0.2) is 16.5 Å². The number of aliphatic imine (C=N–C) groups is 1. The summed E-state index contributed by atoms with van der Waals surface area (Å²) in [6, 6.07) is 3.91. The van der Waals surface area contributed by atoms with E-state index in [1.807, 2.05) is 46.8 Å². The first-order chi connectivity index (χ1) is 7.28. The molecule has 0 aliphatic carbocycles. The van der Waals surface area contributed by atoms with Crippen molar-refractivity contribution in [1.29, 1.82) is 0 Å². The number of nitrogens with one attached hydrogen (secondary N) is 1. The lowest BCUT2D eigenvalue weighted by Crippen LogP contribution is -2.27. The van der Waals surface area contributed by atoms with E-state index in [2.05, 4.69) is 15.3 Å².